The molecule has 0 radical (unpaired) electrons. The first-order valence-electron chi connectivity index (χ1n) is 9.86. The Labute approximate surface area is 165 Å². The molecule has 28 heavy (non-hydrogen) atoms. The average Bonchev–Trinajstić information content (AvgIpc) is 3.29. The number of carbonyl (C=O) groups is 1. The van der Waals surface area contributed by atoms with Gasteiger partial charge >= 0.3 is 0 Å². The average molecular weight is 378 g/mol. The molecule has 2 aromatic heterocycles. The van der Waals surface area contributed by atoms with Crippen molar-refractivity contribution >= 4 is 5.91 Å². The summed E-state index contributed by atoms with van der Waals surface area (Å²) in [6.45, 7) is 8.29. The Morgan fingerprint density at radius 2 is 1.93 bits per heavy atom. The number of carbonyl (C=O) groups excluding carboxylic acids is 1. The summed E-state index contributed by atoms with van der Waals surface area (Å²) in [5.41, 5.74) is 3.76. The van der Waals surface area contributed by atoms with Crippen molar-refractivity contribution in [3.8, 4) is 22.9 Å². The zero-order valence-electron chi connectivity index (χ0n) is 16.7. The van der Waals surface area contributed by atoms with Gasteiger partial charge in [0, 0.05) is 30.0 Å². The number of rotatable bonds is 4. The highest BCUT2D eigenvalue weighted by Gasteiger charge is 2.23. The number of hydrogen-bond donors (Lipinski definition) is 0. The fourth-order valence-corrected chi connectivity index (χ4v) is 3.94. The molecule has 0 spiro atoms. The van der Waals surface area contributed by atoms with Gasteiger partial charge in [-0.1, -0.05) is 25.1 Å². The zero-order chi connectivity index (χ0) is 19.7. The van der Waals surface area contributed by atoms with Crippen LogP contribution in [0.15, 0.2) is 40.8 Å². The van der Waals surface area contributed by atoms with Crippen molar-refractivity contribution in [1.82, 2.24) is 19.7 Å². The van der Waals surface area contributed by atoms with Gasteiger partial charge in [-0.15, -0.1) is 10.2 Å². The summed E-state index contributed by atoms with van der Waals surface area (Å²) in [6.07, 6.45) is 2.29. The number of aryl methyl sites for hydroxylation is 1. The third-order valence-corrected chi connectivity index (χ3v) is 5.55. The molecule has 1 aromatic carbocycles. The van der Waals surface area contributed by atoms with E-state index >= 15 is 0 Å². The molecular weight excluding hydrogens is 352 g/mol. The molecule has 1 aliphatic rings. The highest BCUT2D eigenvalue weighted by molar-refractivity contribution is 5.77. The van der Waals surface area contributed by atoms with Gasteiger partial charge in [-0.25, -0.2) is 0 Å². The number of piperidine rings is 1. The van der Waals surface area contributed by atoms with Gasteiger partial charge in [0.1, 0.15) is 6.54 Å². The van der Waals surface area contributed by atoms with E-state index in [1.807, 2.05) is 59.7 Å². The van der Waals surface area contributed by atoms with E-state index in [4.69, 9.17) is 4.42 Å². The first-order chi connectivity index (χ1) is 13.5. The summed E-state index contributed by atoms with van der Waals surface area (Å²) in [5, 5.41) is 8.42. The second-order valence-electron chi connectivity index (χ2n) is 7.74. The van der Waals surface area contributed by atoms with Gasteiger partial charge in [-0.2, -0.15) is 0 Å². The van der Waals surface area contributed by atoms with Gasteiger partial charge in [0.05, 0.1) is 5.56 Å². The smallest absolute Gasteiger partial charge is 0.249 e. The molecule has 146 valence electrons. The third kappa shape index (κ3) is 3.59. The van der Waals surface area contributed by atoms with Crippen LogP contribution in [0.1, 0.15) is 31.2 Å². The van der Waals surface area contributed by atoms with E-state index in [0.29, 0.717) is 24.2 Å². The van der Waals surface area contributed by atoms with Crippen LogP contribution < -0.4 is 0 Å². The molecule has 0 N–H and O–H groups in total. The van der Waals surface area contributed by atoms with Crippen molar-refractivity contribution in [3.63, 3.8) is 0 Å². The van der Waals surface area contributed by atoms with E-state index in [2.05, 4.69) is 17.1 Å². The Morgan fingerprint density at radius 3 is 2.68 bits per heavy atom. The number of hydrogen-bond acceptors (Lipinski definition) is 4. The monoisotopic (exact) mass is 378 g/mol. The second kappa shape index (κ2) is 7.62. The van der Waals surface area contributed by atoms with Crippen LogP contribution >= 0.6 is 0 Å². The van der Waals surface area contributed by atoms with Gasteiger partial charge in [0.25, 0.3) is 0 Å². The molecule has 4 rings (SSSR count). The largest absolute Gasteiger partial charge is 0.416 e. The highest BCUT2D eigenvalue weighted by atomic mass is 16.4. The fraction of sp³-hybridized carbons (Fsp3) is 0.409. The molecule has 1 unspecified atom stereocenters. The van der Waals surface area contributed by atoms with Crippen molar-refractivity contribution in [2.75, 3.05) is 13.1 Å². The van der Waals surface area contributed by atoms with Gasteiger partial charge in [0.2, 0.25) is 17.7 Å². The maximum absolute atomic E-state index is 12.8. The van der Waals surface area contributed by atoms with Gasteiger partial charge in [0.15, 0.2) is 0 Å². The Bertz CT molecular complexity index is 974. The summed E-state index contributed by atoms with van der Waals surface area (Å²) in [5.74, 6) is 1.74. The normalized spacial score (nSPS) is 17.1. The van der Waals surface area contributed by atoms with Gasteiger partial charge in [-0.3, -0.25) is 4.79 Å². The molecular formula is C22H26N4O2. The minimum Gasteiger partial charge on any atom is -0.416 e. The molecule has 3 aromatic rings. The number of amides is 1. The zero-order valence-corrected chi connectivity index (χ0v) is 16.7. The van der Waals surface area contributed by atoms with Crippen LogP contribution in [-0.4, -0.2) is 38.7 Å². The van der Waals surface area contributed by atoms with Crippen molar-refractivity contribution in [1.29, 1.82) is 0 Å². The summed E-state index contributed by atoms with van der Waals surface area (Å²) < 4.78 is 7.95. The third-order valence-electron chi connectivity index (χ3n) is 5.55. The van der Waals surface area contributed by atoms with Crippen LogP contribution in [0.4, 0.5) is 0 Å². The lowest BCUT2D eigenvalue weighted by molar-refractivity contribution is -0.133. The van der Waals surface area contributed by atoms with Crippen LogP contribution in [0.5, 0.6) is 0 Å². The molecule has 3 heterocycles. The number of nitrogens with zero attached hydrogens (tertiary/aromatic N) is 4. The van der Waals surface area contributed by atoms with E-state index < -0.39 is 0 Å². The van der Waals surface area contributed by atoms with Crippen LogP contribution in [-0.2, 0) is 11.3 Å². The SMILES string of the molecule is Cc1cc(-c2nnc(-c3ccccc3)o2)c(C)n1CC(=O)N1CCCC(C)C1. The summed E-state index contributed by atoms with van der Waals surface area (Å²) in [7, 11) is 0. The molecule has 0 saturated carbocycles. The molecule has 6 heteroatoms. The molecule has 1 atom stereocenters. The Kier molecular flexibility index (Phi) is 5.03. The predicted molar refractivity (Wildman–Crippen MR) is 108 cm³/mol. The standard InChI is InChI=1S/C22H26N4O2/c1-15-8-7-11-25(13-15)20(27)14-26-16(2)12-19(17(26)3)22-24-23-21(28-22)18-9-5-4-6-10-18/h4-6,9-10,12,15H,7-8,11,13-14H2,1-3H3. The summed E-state index contributed by atoms with van der Waals surface area (Å²) >= 11 is 0. The van der Waals surface area contributed by atoms with Crippen molar-refractivity contribution in [3.05, 3.63) is 47.8 Å². The molecule has 1 aliphatic heterocycles. The van der Waals surface area contributed by atoms with Crippen LogP contribution in [0.2, 0.25) is 0 Å². The minimum absolute atomic E-state index is 0.176. The van der Waals surface area contributed by atoms with Crippen LogP contribution in [0, 0.1) is 19.8 Å². The molecule has 0 bridgehead atoms. The Balaban J connectivity index is 1.56. The van der Waals surface area contributed by atoms with Gasteiger partial charge in [-0.05, 0) is 50.8 Å². The van der Waals surface area contributed by atoms with Crippen molar-refractivity contribution in [2.45, 2.75) is 40.2 Å². The van der Waals surface area contributed by atoms with E-state index in [9.17, 15) is 4.79 Å². The predicted octanol–water partition coefficient (Wildman–Crippen LogP) is 4.08. The van der Waals surface area contributed by atoms with Crippen molar-refractivity contribution < 1.29 is 9.21 Å². The van der Waals surface area contributed by atoms with E-state index in [1.165, 1.54) is 6.42 Å². The number of likely N-dealkylation sites (tertiary alicyclic amines) is 1. The maximum Gasteiger partial charge on any atom is 0.249 e. The van der Waals surface area contributed by atoms with Crippen LogP contribution in [0.25, 0.3) is 22.9 Å². The lowest BCUT2D eigenvalue weighted by atomic mass is 10.0. The number of benzene rings is 1. The van der Waals surface area contributed by atoms with E-state index in [-0.39, 0.29) is 5.91 Å². The summed E-state index contributed by atoms with van der Waals surface area (Å²) in [6, 6.07) is 11.7. The molecule has 1 saturated heterocycles. The van der Waals surface area contributed by atoms with Gasteiger partial charge < -0.3 is 13.9 Å². The van der Waals surface area contributed by atoms with Crippen LogP contribution in [0.3, 0.4) is 0 Å². The quantitative estimate of drug-likeness (QED) is 0.686. The first kappa shape index (κ1) is 18.5. The molecule has 1 amide bonds. The maximum atomic E-state index is 12.8. The number of aromatic nitrogens is 3. The van der Waals surface area contributed by atoms with Crippen molar-refractivity contribution in [2.24, 2.45) is 5.92 Å². The topological polar surface area (TPSA) is 64.2 Å². The summed E-state index contributed by atoms with van der Waals surface area (Å²) in [4.78, 5) is 14.8. The Hall–Kier alpha value is -2.89. The van der Waals surface area contributed by atoms with E-state index in [0.717, 1.165) is 42.0 Å². The Morgan fingerprint density at radius 1 is 1.18 bits per heavy atom. The highest BCUT2D eigenvalue weighted by Crippen LogP contribution is 2.29. The lowest BCUT2D eigenvalue weighted by Crippen LogP contribution is -2.41. The molecule has 0 aliphatic carbocycles. The minimum atomic E-state index is 0.176. The molecule has 1 fully saturated rings. The first-order valence-corrected chi connectivity index (χ1v) is 9.86. The fourth-order valence-electron chi connectivity index (χ4n) is 3.94. The molecule has 6 nitrogen and oxygen atoms in total. The van der Waals surface area contributed by atoms with E-state index in [1.54, 1.807) is 0 Å². The lowest BCUT2D eigenvalue weighted by Gasteiger charge is -2.31. The second-order valence-corrected chi connectivity index (χ2v) is 7.74.